The standard InChI is InChI=1S/C21H18ClNO6/c1-27-12-4-6-15(28-2)13(10-12)18-17-19(25)14-9-11(22)3-5-16(14)29-20(17)21(26)23(18)7-8-24/h3-6,9-10,18,24H,7-8H2,1-2H3. The predicted molar refractivity (Wildman–Crippen MR) is 107 cm³/mol. The lowest BCUT2D eigenvalue weighted by molar-refractivity contribution is 0.0690. The third-order valence-corrected chi connectivity index (χ3v) is 5.24. The SMILES string of the molecule is COc1ccc(OC)c(C2c3c(oc4ccc(Cl)cc4c3=O)C(=O)N2CCO)c1. The molecule has 0 aliphatic carbocycles. The molecular formula is C21H18ClNO6. The second kappa shape index (κ2) is 7.42. The molecule has 2 aromatic carbocycles. The Morgan fingerprint density at radius 3 is 2.62 bits per heavy atom. The molecule has 1 aliphatic rings. The fraction of sp³-hybridized carbons (Fsp3) is 0.238. The molecule has 2 heterocycles. The molecule has 1 N–H and O–H groups in total. The van der Waals surface area contributed by atoms with Gasteiger partial charge in [-0.05, 0) is 36.4 Å². The Morgan fingerprint density at radius 2 is 1.93 bits per heavy atom. The number of rotatable bonds is 5. The van der Waals surface area contributed by atoms with Gasteiger partial charge in [0.2, 0.25) is 5.76 Å². The van der Waals surface area contributed by atoms with E-state index in [0.29, 0.717) is 22.1 Å². The van der Waals surface area contributed by atoms with Crippen LogP contribution in [0.25, 0.3) is 11.0 Å². The van der Waals surface area contributed by atoms with Crippen LogP contribution in [0.1, 0.15) is 27.7 Å². The zero-order valence-electron chi connectivity index (χ0n) is 15.8. The molecule has 0 saturated carbocycles. The molecule has 0 saturated heterocycles. The van der Waals surface area contributed by atoms with Gasteiger partial charge in [0.1, 0.15) is 17.1 Å². The zero-order valence-corrected chi connectivity index (χ0v) is 16.5. The number of nitrogens with zero attached hydrogens (tertiary/aromatic N) is 1. The minimum absolute atomic E-state index is 0.0185. The molecule has 0 bridgehead atoms. The van der Waals surface area contributed by atoms with E-state index in [1.54, 1.807) is 30.3 Å². The molecular weight excluding hydrogens is 398 g/mol. The van der Waals surface area contributed by atoms with Crippen LogP contribution in [0.3, 0.4) is 0 Å². The average Bonchev–Trinajstić information content (AvgIpc) is 3.00. The number of fused-ring (bicyclic) bond motifs is 2. The Balaban J connectivity index is 2.04. The number of halogens is 1. The predicted octanol–water partition coefficient (Wildman–Crippen LogP) is 3.00. The summed E-state index contributed by atoms with van der Waals surface area (Å²) in [6.07, 6.45) is 0. The van der Waals surface area contributed by atoms with Crippen LogP contribution in [-0.4, -0.2) is 43.3 Å². The highest BCUT2D eigenvalue weighted by Crippen LogP contribution is 2.42. The van der Waals surface area contributed by atoms with Crippen LogP contribution in [0.4, 0.5) is 0 Å². The summed E-state index contributed by atoms with van der Waals surface area (Å²) >= 11 is 6.06. The van der Waals surface area contributed by atoms with Crippen molar-refractivity contribution in [2.24, 2.45) is 0 Å². The maximum Gasteiger partial charge on any atom is 0.290 e. The van der Waals surface area contributed by atoms with Crippen LogP contribution < -0.4 is 14.9 Å². The molecule has 29 heavy (non-hydrogen) atoms. The van der Waals surface area contributed by atoms with Gasteiger partial charge in [-0.3, -0.25) is 9.59 Å². The van der Waals surface area contributed by atoms with Crippen LogP contribution in [0, 0.1) is 0 Å². The van der Waals surface area contributed by atoms with E-state index in [1.165, 1.54) is 25.2 Å². The van der Waals surface area contributed by atoms with Crippen LogP contribution in [0.5, 0.6) is 11.5 Å². The number of benzene rings is 2. The molecule has 4 rings (SSSR count). The molecule has 1 aliphatic heterocycles. The lowest BCUT2D eigenvalue weighted by Gasteiger charge is -2.26. The molecule has 1 unspecified atom stereocenters. The summed E-state index contributed by atoms with van der Waals surface area (Å²) in [6, 6.07) is 9.00. The van der Waals surface area contributed by atoms with Crippen molar-refractivity contribution in [3.8, 4) is 11.5 Å². The van der Waals surface area contributed by atoms with Gasteiger partial charge in [0.15, 0.2) is 5.43 Å². The molecule has 3 aromatic rings. The highest BCUT2D eigenvalue weighted by molar-refractivity contribution is 6.31. The van der Waals surface area contributed by atoms with E-state index in [9.17, 15) is 14.7 Å². The number of hydrogen-bond acceptors (Lipinski definition) is 6. The van der Waals surface area contributed by atoms with Crippen molar-refractivity contribution < 1.29 is 23.8 Å². The molecule has 150 valence electrons. The molecule has 8 heteroatoms. The van der Waals surface area contributed by atoms with E-state index in [1.807, 2.05) is 0 Å². The minimum atomic E-state index is -0.797. The van der Waals surface area contributed by atoms with Gasteiger partial charge >= 0.3 is 0 Å². The Labute approximate surface area is 171 Å². The van der Waals surface area contributed by atoms with E-state index < -0.39 is 11.9 Å². The van der Waals surface area contributed by atoms with Gasteiger partial charge in [-0.25, -0.2) is 0 Å². The van der Waals surface area contributed by atoms with Gasteiger partial charge in [-0.1, -0.05) is 11.6 Å². The Bertz CT molecular complexity index is 1170. The molecule has 1 atom stereocenters. The fourth-order valence-corrected chi connectivity index (χ4v) is 3.88. The van der Waals surface area contributed by atoms with Gasteiger partial charge in [0.05, 0.1) is 37.8 Å². The van der Waals surface area contributed by atoms with Crippen LogP contribution >= 0.6 is 11.6 Å². The van der Waals surface area contributed by atoms with Crippen molar-refractivity contribution >= 4 is 28.5 Å². The lowest BCUT2D eigenvalue weighted by Crippen LogP contribution is -2.32. The molecule has 1 amide bonds. The monoisotopic (exact) mass is 415 g/mol. The summed E-state index contributed by atoms with van der Waals surface area (Å²) in [5.41, 5.74) is 0.659. The quantitative estimate of drug-likeness (QED) is 0.689. The first-order valence-corrected chi connectivity index (χ1v) is 9.28. The van der Waals surface area contributed by atoms with Gasteiger partial charge in [0, 0.05) is 17.1 Å². The summed E-state index contributed by atoms with van der Waals surface area (Å²) in [5, 5.41) is 10.2. The smallest absolute Gasteiger partial charge is 0.290 e. The topological polar surface area (TPSA) is 89.2 Å². The van der Waals surface area contributed by atoms with Gasteiger partial charge in [-0.15, -0.1) is 0 Å². The summed E-state index contributed by atoms with van der Waals surface area (Å²) in [7, 11) is 3.02. The van der Waals surface area contributed by atoms with Gasteiger partial charge < -0.3 is 23.9 Å². The Hall–Kier alpha value is -3.03. The van der Waals surface area contributed by atoms with Crippen molar-refractivity contribution in [2.45, 2.75) is 6.04 Å². The molecule has 1 aromatic heterocycles. The maximum atomic E-state index is 13.4. The van der Waals surface area contributed by atoms with E-state index in [4.69, 9.17) is 25.5 Å². The first-order valence-electron chi connectivity index (χ1n) is 8.90. The third-order valence-electron chi connectivity index (χ3n) is 5.00. The van der Waals surface area contributed by atoms with Crippen LogP contribution in [0.15, 0.2) is 45.6 Å². The Kier molecular flexibility index (Phi) is 4.94. The minimum Gasteiger partial charge on any atom is -0.497 e. The maximum absolute atomic E-state index is 13.4. The zero-order chi connectivity index (χ0) is 20.7. The van der Waals surface area contributed by atoms with Gasteiger partial charge in [-0.2, -0.15) is 0 Å². The van der Waals surface area contributed by atoms with Crippen molar-refractivity contribution in [2.75, 3.05) is 27.4 Å². The van der Waals surface area contributed by atoms with Crippen molar-refractivity contribution in [1.82, 2.24) is 4.90 Å². The second-order valence-electron chi connectivity index (χ2n) is 6.55. The number of β-amino-alcohol motifs (C(OH)–C–C–N with tert-alkyl or cyclic N) is 1. The van der Waals surface area contributed by atoms with Crippen molar-refractivity contribution in [1.29, 1.82) is 0 Å². The summed E-state index contributed by atoms with van der Waals surface area (Å²) in [4.78, 5) is 27.8. The van der Waals surface area contributed by atoms with Crippen molar-refractivity contribution in [3.05, 3.63) is 68.5 Å². The van der Waals surface area contributed by atoms with E-state index in [0.717, 1.165) is 0 Å². The molecule has 0 spiro atoms. The summed E-state index contributed by atoms with van der Waals surface area (Å²) in [6.45, 7) is -0.257. The third kappa shape index (κ3) is 3.03. The summed E-state index contributed by atoms with van der Waals surface area (Å²) in [5.74, 6) is 0.495. The number of aliphatic hydroxyl groups is 1. The summed E-state index contributed by atoms with van der Waals surface area (Å²) < 4.78 is 16.6. The number of aliphatic hydroxyl groups excluding tert-OH is 1. The number of amides is 1. The molecule has 0 radical (unpaired) electrons. The lowest BCUT2D eigenvalue weighted by atomic mass is 9.97. The highest BCUT2D eigenvalue weighted by atomic mass is 35.5. The van der Waals surface area contributed by atoms with E-state index >= 15 is 0 Å². The van der Waals surface area contributed by atoms with E-state index in [2.05, 4.69) is 0 Å². The molecule has 0 fully saturated rings. The van der Waals surface area contributed by atoms with Crippen LogP contribution in [0.2, 0.25) is 5.02 Å². The number of carbonyl (C=O) groups excluding carboxylic acids is 1. The van der Waals surface area contributed by atoms with Crippen LogP contribution in [-0.2, 0) is 0 Å². The number of carbonyl (C=O) groups is 1. The largest absolute Gasteiger partial charge is 0.497 e. The Morgan fingerprint density at radius 1 is 1.14 bits per heavy atom. The normalized spacial score (nSPS) is 15.7. The number of methoxy groups -OCH3 is 2. The fourth-order valence-electron chi connectivity index (χ4n) is 3.71. The molecule has 7 nitrogen and oxygen atoms in total. The first kappa shape index (κ1) is 19.3. The van der Waals surface area contributed by atoms with Crippen molar-refractivity contribution in [3.63, 3.8) is 0 Å². The highest BCUT2D eigenvalue weighted by Gasteiger charge is 2.43. The number of ether oxygens (including phenoxy) is 2. The van der Waals surface area contributed by atoms with Gasteiger partial charge in [0.25, 0.3) is 5.91 Å². The first-order chi connectivity index (χ1) is 14.0. The second-order valence-corrected chi connectivity index (χ2v) is 6.98. The number of hydrogen-bond donors (Lipinski definition) is 1. The van der Waals surface area contributed by atoms with E-state index in [-0.39, 0.29) is 40.9 Å². The average molecular weight is 416 g/mol.